The molecule has 0 aliphatic carbocycles. The van der Waals surface area contributed by atoms with E-state index in [1.165, 1.54) is 12.7 Å². The van der Waals surface area contributed by atoms with Crippen LogP contribution in [0.1, 0.15) is 35.6 Å². The zero-order valence-electron chi connectivity index (χ0n) is 18.5. The monoisotopic (exact) mass is 411 g/mol. The predicted molar refractivity (Wildman–Crippen MR) is 122 cm³/mol. The summed E-state index contributed by atoms with van der Waals surface area (Å²) in [5, 5.41) is 3.76. The average molecular weight is 412 g/mol. The number of oxime groups is 1. The zero-order valence-corrected chi connectivity index (χ0v) is 18.5. The number of benzene rings is 2. The summed E-state index contributed by atoms with van der Waals surface area (Å²) in [5.74, 6) is 1.81. The summed E-state index contributed by atoms with van der Waals surface area (Å²) in [5.41, 5.74) is 4.43. The number of rotatable bonds is 13. The van der Waals surface area contributed by atoms with Gasteiger partial charge in [0.15, 0.2) is 0 Å². The molecule has 0 spiro atoms. The van der Waals surface area contributed by atoms with Gasteiger partial charge in [0.1, 0.15) is 25.2 Å². The Bertz CT molecular complexity index is 789. The minimum atomic E-state index is 0.582. The van der Waals surface area contributed by atoms with Gasteiger partial charge in [-0.1, -0.05) is 41.6 Å². The van der Waals surface area contributed by atoms with Crippen molar-refractivity contribution in [2.45, 2.75) is 33.6 Å². The van der Waals surface area contributed by atoms with Gasteiger partial charge in [-0.25, -0.2) is 0 Å². The van der Waals surface area contributed by atoms with Crippen molar-refractivity contribution in [3.05, 3.63) is 70.8 Å². The Kier molecular flexibility index (Phi) is 10.5. The molecule has 0 aliphatic rings. The SMILES string of the molecule is C/C=C/COc1cc(C)c(OCCCOCCc2ccc(/C=N/OC)cc2)c(C)c1. The molecule has 0 aromatic heterocycles. The highest BCUT2D eigenvalue weighted by atomic mass is 16.6. The molecule has 2 rings (SSSR count). The van der Waals surface area contributed by atoms with Crippen molar-refractivity contribution in [3.63, 3.8) is 0 Å². The highest BCUT2D eigenvalue weighted by Gasteiger charge is 2.07. The van der Waals surface area contributed by atoms with Crippen LogP contribution in [0.5, 0.6) is 11.5 Å². The standard InChI is InChI=1S/C25H33NO4/c1-5-6-14-29-24-17-20(2)25(21(3)18-24)30-15-7-13-28-16-12-22-8-10-23(11-9-22)19-26-27-4/h5-6,8-11,17-19H,7,12-16H2,1-4H3/b6-5+,26-19+. The minimum absolute atomic E-state index is 0.582. The van der Waals surface area contributed by atoms with E-state index in [2.05, 4.69) is 22.1 Å². The molecule has 0 unspecified atom stereocenters. The molecule has 0 amide bonds. The van der Waals surface area contributed by atoms with Crippen molar-refractivity contribution in [2.75, 3.05) is 33.5 Å². The van der Waals surface area contributed by atoms with E-state index in [1.807, 2.05) is 57.2 Å². The Hall–Kier alpha value is -2.79. The maximum absolute atomic E-state index is 5.99. The normalized spacial score (nSPS) is 11.3. The molecule has 2 aromatic rings. The Balaban J connectivity index is 1.65. The van der Waals surface area contributed by atoms with Gasteiger partial charge in [-0.15, -0.1) is 0 Å². The lowest BCUT2D eigenvalue weighted by Gasteiger charge is -2.14. The van der Waals surface area contributed by atoms with E-state index in [0.29, 0.717) is 26.4 Å². The van der Waals surface area contributed by atoms with Gasteiger partial charge in [0.05, 0.1) is 19.4 Å². The van der Waals surface area contributed by atoms with Crippen LogP contribution < -0.4 is 9.47 Å². The summed E-state index contributed by atoms with van der Waals surface area (Å²) in [6.07, 6.45) is 7.39. The van der Waals surface area contributed by atoms with E-state index in [0.717, 1.165) is 41.0 Å². The lowest BCUT2D eigenvalue weighted by atomic mass is 10.1. The lowest BCUT2D eigenvalue weighted by Crippen LogP contribution is -2.07. The van der Waals surface area contributed by atoms with Crippen LogP contribution in [-0.4, -0.2) is 39.8 Å². The first-order valence-corrected chi connectivity index (χ1v) is 10.3. The Morgan fingerprint density at radius 2 is 1.67 bits per heavy atom. The third-order valence-corrected chi connectivity index (χ3v) is 4.52. The first kappa shape index (κ1) is 23.5. The van der Waals surface area contributed by atoms with Gasteiger partial charge < -0.3 is 19.0 Å². The molecule has 30 heavy (non-hydrogen) atoms. The third kappa shape index (κ3) is 8.29. The van der Waals surface area contributed by atoms with Gasteiger partial charge in [-0.05, 0) is 61.6 Å². The Morgan fingerprint density at radius 1 is 0.933 bits per heavy atom. The van der Waals surface area contributed by atoms with E-state index >= 15 is 0 Å². The predicted octanol–water partition coefficient (Wildman–Crippen LogP) is 5.27. The van der Waals surface area contributed by atoms with Crippen LogP contribution in [0.2, 0.25) is 0 Å². The zero-order chi connectivity index (χ0) is 21.6. The van der Waals surface area contributed by atoms with Crippen molar-refractivity contribution in [3.8, 4) is 11.5 Å². The van der Waals surface area contributed by atoms with E-state index in [9.17, 15) is 0 Å². The van der Waals surface area contributed by atoms with Gasteiger partial charge in [0, 0.05) is 13.0 Å². The quantitative estimate of drug-likeness (QED) is 0.195. The smallest absolute Gasteiger partial charge is 0.125 e. The molecular weight excluding hydrogens is 378 g/mol. The molecular formula is C25H33NO4. The first-order chi connectivity index (χ1) is 14.6. The van der Waals surface area contributed by atoms with Crippen molar-refractivity contribution in [2.24, 2.45) is 5.16 Å². The molecule has 0 saturated carbocycles. The number of ether oxygens (including phenoxy) is 3. The molecule has 0 aliphatic heterocycles. The number of allylic oxidation sites excluding steroid dienone is 1. The lowest BCUT2D eigenvalue weighted by molar-refractivity contribution is 0.121. The van der Waals surface area contributed by atoms with Gasteiger partial charge in [0.25, 0.3) is 0 Å². The van der Waals surface area contributed by atoms with E-state index < -0.39 is 0 Å². The van der Waals surface area contributed by atoms with Crippen molar-refractivity contribution >= 4 is 6.21 Å². The molecule has 0 heterocycles. The van der Waals surface area contributed by atoms with Crippen LogP contribution in [0.3, 0.4) is 0 Å². The number of nitrogens with zero attached hydrogens (tertiary/aromatic N) is 1. The van der Waals surface area contributed by atoms with Crippen LogP contribution >= 0.6 is 0 Å². The minimum Gasteiger partial charge on any atom is -0.493 e. The van der Waals surface area contributed by atoms with E-state index in [4.69, 9.17) is 14.2 Å². The fourth-order valence-electron chi connectivity index (χ4n) is 2.97. The molecule has 5 heteroatoms. The molecule has 162 valence electrons. The maximum atomic E-state index is 5.99. The fraction of sp³-hybridized carbons (Fsp3) is 0.400. The van der Waals surface area contributed by atoms with Crippen LogP contribution in [0.25, 0.3) is 0 Å². The van der Waals surface area contributed by atoms with E-state index in [1.54, 1.807) is 6.21 Å². The van der Waals surface area contributed by atoms with Crippen LogP contribution in [0.4, 0.5) is 0 Å². The van der Waals surface area contributed by atoms with Gasteiger partial charge in [-0.2, -0.15) is 0 Å². The van der Waals surface area contributed by atoms with Crippen LogP contribution in [-0.2, 0) is 16.0 Å². The van der Waals surface area contributed by atoms with E-state index in [-0.39, 0.29) is 0 Å². The molecule has 0 bridgehead atoms. The number of aryl methyl sites for hydroxylation is 2. The second-order valence-electron chi connectivity index (χ2n) is 6.99. The molecule has 0 fully saturated rings. The third-order valence-electron chi connectivity index (χ3n) is 4.52. The summed E-state index contributed by atoms with van der Waals surface area (Å²) in [6.45, 7) is 8.68. The Morgan fingerprint density at radius 3 is 2.33 bits per heavy atom. The largest absolute Gasteiger partial charge is 0.493 e. The highest BCUT2D eigenvalue weighted by Crippen LogP contribution is 2.28. The molecule has 0 N–H and O–H groups in total. The molecule has 0 atom stereocenters. The summed E-state index contributed by atoms with van der Waals surface area (Å²) >= 11 is 0. The van der Waals surface area contributed by atoms with Gasteiger partial charge in [0.2, 0.25) is 0 Å². The second kappa shape index (κ2) is 13.4. The summed E-state index contributed by atoms with van der Waals surface area (Å²) < 4.78 is 17.5. The van der Waals surface area contributed by atoms with Gasteiger partial charge in [-0.3, -0.25) is 0 Å². The fourth-order valence-corrected chi connectivity index (χ4v) is 2.97. The van der Waals surface area contributed by atoms with Crippen LogP contribution in [0.15, 0.2) is 53.7 Å². The topological polar surface area (TPSA) is 49.3 Å². The highest BCUT2D eigenvalue weighted by molar-refractivity contribution is 5.79. The number of hydrogen-bond donors (Lipinski definition) is 0. The first-order valence-electron chi connectivity index (χ1n) is 10.3. The molecule has 0 saturated heterocycles. The Labute approximate surface area is 180 Å². The molecule has 5 nitrogen and oxygen atoms in total. The van der Waals surface area contributed by atoms with Crippen LogP contribution in [0, 0.1) is 13.8 Å². The molecule has 2 aromatic carbocycles. The average Bonchev–Trinajstić information content (AvgIpc) is 2.74. The maximum Gasteiger partial charge on any atom is 0.125 e. The molecule has 0 radical (unpaired) electrons. The summed E-state index contributed by atoms with van der Waals surface area (Å²) in [6, 6.07) is 12.3. The number of hydrogen-bond acceptors (Lipinski definition) is 5. The van der Waals surface area contributed by atoms with Crippen molar-refractivity contribution in [1.29, 1.82) is 0 Å². The van der Waals surface area contributed by atoms with Gasteiger partial charge >= 0.3 is 0 Å². The summed E-state index contributed by atoms with van der Waals surface area (Å²) in [4.78, 5) is 4.68. The van der Waals surface area contributed by atoms with Crippen molar-refractivity contribution in [1.82, 2.24) is 0 Å². The second-order valence-corrected chi connectivity index (χ2v) is 6.99. The summed E-state index contributed by atoms with van der Waals surface area (Å²) in [7, 11) is 1.54. The van der Waals surface area contributed by atoms with Crippen molar-refractivity contribution < 1.29 is 19.0 Å².